The number of hydrogen-bond donors (Lipinski definition) is 2. The van der Waals surface area contributed by atoms with E-state index in [0.29, 0.717) is 11.4 Å². The minimum atomic E-state index is -3.86. The molecule has 8 heteroatoms. The number of carbonyl (C=O) groups excluding carboxylic acids is 2. The van der Waals surface area contributed by atoms with Crippen LogP contribution in [0.1, 0.15) is 23.1 Å². The Balaban J connectivity index is 1.76. The molecule has 0 aliphatic rings. The van der Waals surface area contributed by atoms with Crippen molar-refractivity contribution >= 4 is 33.2 Å². The van der Waals surface area contributed by atoms with Gasteiger partial charge < -0.3 is 11.1 Å². The second-order valence-corrected chi connectivity index (χ2v) is 9.73. The van der Waals surface area contributed by atoms with Crippen LogP contribution in [-0.2, 0) is 26.0 Å². The van der Waals surface area contributed by atoms with Gasteiger partial charge in [0.25, 0.3) is 10.0 Å². The number of hydrogen-bond acceptors (Lipinski definition) is 4. The third-order valence-electron chi connectivity index (χ3n) is 5.09. The third-order valence-corrected chi connectivity index (χ3v) is 6.93. The van der Waals surface area contributed by atoms with E-state index < -0.39 is 15.9 Å². The summed E-state index contributed by atoms with van der Waals surface area (Å²) >= 11 is 0. The summed E-state index contributed by atoms with van der Waals surface area (Å²) in [5.74, 6) is -0.758. The molecule has 0 heterocycles. The van der Waals surface area contributed by atoms with Crippen molar-refractivity contribution in [3.05, 3.63) is 89.5 Å². The Morgan fingerprint density at radius 1 is 0.848 bits per heavy atom. The van der Waals surface area contributed by atoms with Gasteiger partial charge >= 0.3 is 0 Å². The summed E-state index contributed by atoms with van der Waals surface area (Å²) in [6, 6.07) is 20.5. The number of primary amides is 1. The molecular weight excluding hydrogens is 438 g/mol. The van der Waals surface area contributed by atoms with Crippen molar-refractivity contribution in [1.82, 2.24) is 0 Å². The van der Waals surface area contributed by atoms with E-state index in [1.54, 1.807) is 60.7 Å². The Morgan fingerprint density at radius 3 is 1.94 bits per heavy atom. The van der Waals surface area contributed by atoms with Gasteiger partial charge in [-0.15, -0.1) is 0 Å². The number of nitrogens with one attached hydrogen (secondary N) is 1. The number of benzene rings is 3. The Hall–Kier alpha value is -3.65. The molecule has 3 aromatic carbocycles. The lowest BCUT2D eigenvalue weighted by molar-refractivity contribution is -0.117. The summed E-state index contributed by atoms with van der Waals surface area (Å²) in [7, 11) is -3.86. The number of amides is 2. The second-order valence-electron chi connectivity index (χ2n) is 7.86. The molecule has 0 aromatic heterocycles. The molecule has 0 saturated heterocycles. The van der Waals surface area contributed by atoms with Gasteiger partial charge in [0.1, 0.15) is 0 Å². The van der Waals surface area contributed by atoms with Crippen LogP contribution in [0, 0.1) is 13.8 Å². The maximum absolute atomic E-state index is 13.4. The maximum Gasteiger partial charge on any atom is 0.264 e. The highest BCUT2D eigenvalue weighted by atomic mass is 32.2. The monoisotopic (exact) mass is 465 g/mol. The summed E-state index contributed by atoms with van der Waals surface area (Å²) in [6.07, 6.45) is 0.0820. The summed E-state index contributed by atoms with van der Waals surface area (Å²) in [5, 5.41) is 2.76. The Bertz CT molecular complexity index is 1220. The van der Waals surface area contributed by atoms with Gasteiger partial charge in [-0.25, -0.2) is 8.42 Å². The first-order valence-electron chi connectivity index (χ1n) is 10.5. The molecule has 3 aromatic rings. The molecule has 0 fully saturated rings. The van der Waals surface area contributed by atoms with Crippen LogP contribution in [0.3, 0.4) is 0 Å². The number of anilines is 2. The lowest BCUT2D eigenvalue weighted by atomic mass is 10.1. The van der Waals surface area contributed by atoms with Crippen molar-refractivity contribution in [3.8, 4) is 0 Å². The van der Waals surface area contributed by atoms with E-state index >= 15 is 0 Å². The quantitative estimate of drug-likeness (QED) is 0.503. The van der Waals surface area contributed by atoms with Crippen molar-refractivity contribution in [1.29, 1.82) is 0 Å². The van der Waals surface area contributed by atoms with E-state index in [1.165, 1.54) is 4.31 Å². The molecule has 0 atom stereocenters. The van der Waals surface area contributed by atoms with Gasteiger partial charge in [-0.2, -0.15) is 0 Å². The number of carbonyl (C=O) groups is 2. The Kier molecular flexibility index (Phi) is 7.50. The normalized spacial score (nSPS) is 11.1. The molecule has 0 aliphatic heterocycles. The largest absolute Gasteiger partial charge is 0.369 e. The first-order valence-corrected chi connectivity index (χ1v) is 11.9. The van der Waals surface area contributed by atoms with E-state index in [9.17, 15) is 18.0 Å². The molecule has 7 nitrogen and oxygen atoms in total. The maximum atomic E-state index is 13.4. The average molecular weight is 466 g/mol. The van der Waals surface area contributed by atoms with E-state index in [-0.39, 0.29) is 30.2 Å². The molecule has 0 saturated carbocycles. The fraction of sp³-hybridized carbons (Fsp3) is 0.200. The standard InChI is InChI=1S/C25H27N3O4S/c1-18-3-11-22(12-4-18)28(33(31,32)23-13-5-19(2)6-14-23)16-15-25(30)27-21-9-7-20(8-10-21)17-24(26)29/h3-14H,15-17H2,1-2H3,(H2,26,29)(H,27,30). The summed E-state index contributed by atoms with van der Waals surface area (Å²) in [5.41, 5.74) is 8.94. The lowest BCUT2D eigenvalue weighted by Gasteiger charge is -2.24. The van der Waals surface area contributed by atoms with Crippen LogP contribution in [0.5, 0.6) is 0 Å². The van der Waals surface area contributed by atoms with Crippen molar-refractivity contribution < 1.29 is 18.0 Å². The van der Waals surface area contributed by atoms with Crippen LogP contribution in [0.2, 0.25) is 0 Å². The molecular formula is C25H27N3O4S. The molecule has 3 N–H and O–H groups in total. The minimum Gasteiger partial charge on any atom is -0.369 e. The topological polar surface area (TPSA) is 110 Å². The van der Waals surface area contributed by atoms with Gasteiger partial charge in [-0.3, -0.25) is 13.9 Å². The zero-order chi connectivity index (χ0) is 24.0. The highest BCUT2D eigenvalue weighted by molar-refractivity contribution is 7.92. The molecule has 0 unspecified atom stereocenters. The zero-order valence-corrected chi connectivity index (χ0v) is 19.4. The van der Waals surface area contributed by atoms with Gasteiger partial charge in [-0.1, -0.05) is 47.5 Å². The van der Waals surface area contributed by atoms with Gasteiger partial charge in [-0.05, 0) is 55.8 Å². The predicted octanol–water partition coefficient (Wildman–Crippen LogP) is 3.56. The van der Waals surface area contributed by atoms with E-state index in [1.807, 2.05) is 26.0 Å². The molecule has 2 amide bonds. The van der Waals surface area contributed by atoms with Crippen LogP contribution in [0.15, 0.2) is 77.7 Å². The second kappa shape index (κ2) is 10.3. The predicted molar refractivity (Wildman–Crippen MR) is 129 cm³/mol. The first kappa shape index (κ1) is 24.0. The van der Waals surface area contributed by atoms with Crippen molar-refractivity contribution in [2.75, 3.05) is 16.2 Å². The number of rotatable bonds is 9. The molecule has 33 heavy (non-hydrogen) atoms. The smallest absolute Gasteiger partial charge is 0.264 e. The summed E-state index contributed by atoms with van der Waals surface area (Å²) in [4.78, 5) is 23.7. The number of sulfonamides is 1. The highest BCUT2D eigenvalue weighted by Crippen LogP contribution is 2.25. The van der Waals surface area contributed by atoms with Crippen molar-refractivity contribution in [2.45, 2.75) is 31.6 Å². The zero-order valence-electron chi connectivity index (χ0n) is 18.6. The van der Waals surface area contributed by atoms with Gasteiger partial charge in [0.2, 0.25) is 11.8 Å². The van der Waals surface area contributed by atoms with E-state index in [2.05, 4.69) is 5.32 Å². The summed E-state index contributed by atoms with van der Waals surface area (Å²) in [6.45, 7) is 3.79. The van der Waals surface area contributed by atoms with Crippen molar-refractivity contribution in [2.24, 2.45) is 5.73 Å². The molecule has 0 spiro atoms. The van der Waals surface area contributed by atoms with Crippen LogP contribution in [-0.4, -0.2) is 26.8 Å². The third kappa shape index (κ3) is 6.43. The number of nitrogens with zero attached hydrogens (tertiary/aromatic N) is 1. The van der Waals surface area contributed by atoms with Crippen LogP contribution in [0.4, 0.5) is 11.4 Å². The van der Waals surface area contributed by atoms with E-state index in [0.717, 1.165) is 16.7 Å². The summed E-state index contributed by atoms with van der Waals surface area (Å²) < 4.78 is 28.0. The fourth-order valence-corrected chi connectivity index (χ4v) is 4.74. The SMILES string of the molecule is Cc1ccc(N(CCC(=O)Nc2ccc(CC(N)=O)cc2)S(=O)(=O)c2ccc(C)cc2)cc1. The van der Waals surface area contributed by atoms with Gasteiger partial charge in [0, 0.05) is 18.7 Å². The van der Waals surface area contributed by atoms with E-state index in [4.69, 9.17) is 5.73 Å². The average Bonchev–Trinajstić information content (AvgIpc) is 2.76. The Morgan fingerprint density at radius 2 is 1.39 bits per heavy atom. The first-order chi connectivity index (χ1) is 15.6. The lowest BCUT2D eigenvalue weighted by Crippen LogP contribution is -2.34. The fourth-order valence-electron chi connectivity index (χ4n) is 3.27. The van der Waals surface area contributed by atoms with Gasteiger partial charge in [0.15, 0.2) is 0 Å². The molecule has 0 radical (unpaired) electrons. The Labute approximate surface area is 194 Å². The minimum absolute atomic E-state index is 0.0230. The molecule has 172 valence electrons. The highest BCUT2D eigenvalue weighted by Gasteiger charge is 2.25. The van der Waals surface area contributed by atoms with Crippen LogP contribution < -0.4 is 15.4 Å². The number of aryl methyl sites for hydroxylation is 2. The molecule has 3 rings (SSSR count). The molecule has 0 aliphatic carbocycles. The van der Waals surface area contributed by atoms with Crippen LogP contribution >= 0.6 is 0 Å². The number of nitrogens with two attached hydrogens (primary N) is 1. The van der Waals surface area contributed by atoms with Crippen molar-refractivity contribution in [3.63, 3.8) is 0 Å². The van der Waals surface area contributed by atoms with Crippen LogP contribution in [0.25, 0.3) is 0 Å². The van der Waals surface area contributed by atoms with Gasteiger partial charge in [0.05, 0.1) is 17.0 Å². The molecule has 0 bridgehead atoms.